The zero-order chi connectivity index (χ0) is 25.0. The van der Waals surface area contributed by atoms with Crippen LogP contribution in [0.1, 0.15) is 37.9 Å². The van der Waals surface area contributed by atoms with E-state index in [-0.39, 0.29) is 12.5 Å². The second kappa shape index (κ2) is 7.85. The van der Waals surface area contributed by atoms with Gasteiger partial charge in [0.15, 0.2) is 0 Å². The zero-order valence-electron chi connectivity index (χ0n) is 18.8. The monoisotopic (exact) mass is 487 g/mol. The van der Waals surface area contributed by atoms with Crippen molar-refractivity contribution in [3.05, 3.63) is 54.2 Å². The lowest BCUT2D eigenvalue weighted by atomic mass is 9.96. The Morgan fingerprint density at radius 1 is 1.11 bits per heavy atom. The Bertz CT molecular complexity index is 1400. The van der Waals surface area contributed by atoms with Gasteiger partial charge in [0.25, 0.3) is 0 Å². The molecule has 1 amide bonds. The first-order valence-electron chi connectivity index (χ1n) is 10.9. The largest absolute Gasteiger partial charge is 0.433 e. The highest BCUT2D eigenvalue weighted by atomic mass is 19.4. The minimum absolute atomic E-state index is 0.0518. The fourth-order valence-corrected chi connectivity index (χ4v) is 4.03. The van der Waals surface area contributed by atoms with Crippen molar-refractivity contribution >= 4 is 22.5 Å². The Morgan fingerprint density at radius 3 is 2.51 bits per heavy atom. The molecule has 1 fully saturated rings. The van der Waals surface area contributed by atoms with Gasteiger partial charge in [-0.1, -0.05) is 6.07 Å². The summed E-state index contributed by atoms with van der Waals surface area (Å²) < 4.78 is 54.3. The SMILES string of the molecule is CC(C)(F)Cn1ncc2cnc(-c3[nH]ncc3NC(=O)C3(c4ccc(C(F)(F)F)nc4)CC3)cc21. The first kappa shape index (κ1) is 22.9. The van der Waals surface area contributed by atoms with Crippen LogP contribution in [-0.2, 0) is 22.9 Å². The number of carbonyl (C=O) groups excluding carboxylic acids is 1. The number of aromatic amines is 1. The van der Waals surface area contributed by atoms with E-state index in [1.807, 2.05) is 0 Å². The number of carbonyl (C=O) groups is 1. The minimum Gasteiger partial charge on any atom is -0.322 e. The predicted molar refractivity (Wildman–Crippen MR) is 119 cm³/mol. The van der Waals surface area contributed by atoms with E-state index in [2.05, 4.69) is 30.6 Å². The van der Waals surface area contributed by atoms with Crippen LogP contribution in [0, 0.1) is 0 Å². The third-order valence-electron chi connectivity index (χ3n) is 5.99. The maximum absolute atomic E-state index is 14.2. The number of nitrogens with zero attached hydrogens (tertiary/aromatic N) is 5. The smallest absolute Gasteiger partial charge is 0.322 e. The van der Waals surface area contributed by atoms with Crippen molar-refractivity contribution in [2.24, 2.45) is 0 Å². The topological polar surface area (TPSA) is 101 Å². The number of halogens is 4. The third-order valence-corrected chi connectivity index (χ3v) is 5.99. The van der Waals surface area contributed by atoms with Crippen LogP contribution >= 0.6 is 0 Å². The van der Waals surface area contributed by atoms with Crippen molar-refractivity contribution in [3.8, 4) is 11.4 Å². The maximum Gasteiger partial charge on any atom is 0.433 e. The summed E-state index contributed by atoms with van der Waals surface area (Å²) in [7, 11) is 0. The van der Waals surface area contributed by atoms with Crippen LogP contribution in [0.2, 0.25) is 0 Å². The molecule has 0 aliphatic heterocycles. The molecule has 0 unspecified atom stereocenters. The minimum atomic E-state index is -4.55. The number of anilines is 1. The summed E-state index contributed by atoms with van der Waals surface area (Å²) in [6.07, 6.45) is 2.16. The number of fused-ring (bicyclic) bond motifs is 1. The van der Waals surface area contributed by atoms with Crippen LogP contribution < -0.4 is 5.32 Å². The molecule has 1 saturated carbocycles. The molecule has 2 N–H and O–H groups in total. The summed E-state index contributed by atoms with van der Waals surface area (Å²) in [6.45, 7) is 2.98. The Labute approximate surface area is 196 Å². The van der Waals surface area contributed by atoms with E-state index in [1.54, 1.807) is 23.1 Å². The summed E-state index contributed by atoms with van der Waals surface area (Å²) >= 11 is 0. The van der Waals surface area contributed by atoms with Gasteiger partial charge in [-0.3, -0.25) is 24.5 Å². The summed E-state index contributed by atoms with van der Waals surface area (Å²) in [5.41, 5.74) is -1.07. The van der Waals surface area contributed by atoms with Crippen LogP contribution in [0.4, 0.5) is 23.2 Å². The second-order valence-corrected chi connectivity index (χ2v) is 9.27. The van der Waals surface area contributed by atoms with E-state index in [4.69, 9.17) is 0 Å². The van der Waals surface area contributed by atoms with Gasteiger partial charge in [-0.05, 0) is 44.4 Å². The number of amides is 1. The molecule has 1 aliphatic rings. The first-order valence-corrected chi connectivity index (χ1v) is 10.9. The fraction of sp³-hybridized carbons (Fsp3) is 0.348. The number of nitrogens with one attached hydrogen (secondary N) is 2. The molecule has 0 saturated heterocycles. The molecule has 182 valence electrons. The lowest BCUT2D eigenvalue weighted by molar-refractivity contribution is -0.141. The van der Waals surface area contributed by atoms with Crippen LogP contribution in [0.3, 0.4) is 0 Å². The molecule has 4 aromatic rings. The molecule has 0 atom stereocenters. The molecule has 35 heavy (non-hydrogen) atoms. The highest BCUT2D eigenvalue weighted by Crippen LogP contribution is 2.49. The quantitative estimate of drug-likeness (QED) is 0.386. The Morgan fingerprint density at radius 2 is 1.89 bits per heavy atom. The van der Waals surface area contributed by atoms with Crippen LogP contribution in [0.15, 0.2) is 43.0 Å². The van der Waals surface area contributed by atoms with Crippen molar-refractivity contribution < 1.29 is 22.4 Å². The number of H-pyrrole nitrogens is 1. The van der Waals surface area contributed by atoms with Gasteiger partial charge in [-0.25, -0.2) is 4.39 Å². The van der Waals surface area contributed by atoms with E-state index in [0.29, 0.717) is 41.0 Å². The number of pyridine rings is 2. The molecule has 0 bridgehead atoms. The van der Waals surface area contributed by atoms with Gasteiger partial charge in [0, 0.05) is 17.8 Å². The normalized spacial score (nSPS) is 15.4. The van der Waals surface area contributed by atoms with Crippen LogP contribution in [-0.4, -0.2) is 41.5 Å². The Kier molecular flexibility index (Phi) is 5.15. The average Bonchev–Trinajstić information content (AvgIpc) is 3.34. The van der Waals surface area contributed by atoms with E-state index >= 15 is 0 Å². The molecule has 8 nitrogen and oxygen atoms in total. The standard InChI is InChI=1S/C23H21F4N7O/c1-21(2,24)12-34-17-7-15(28-8-13(17)9-31-34)19-16(11-30-33-19)32-20(35)22(5-6-22)14-3-4-18(29-10-14)23(25,26)27/h3-4,7-11H,5-6,12H2,1-2H3,(H,30,33)(H,32,35). The summed E-state index contributed by atoms with van der Waals surface area (Å²) in [4.78, 5) is 21.1. The number of alkyl halides is 4. The predicted octanol–water partition coefficient (Wildman–Crippen LogP) is 4.65. The van der Waals surface area contributed by atoms with E-state index < -0.39 is 23.0 Å². The second-order valence-electron chi connectivity index (χ2n) is 9.27. The van der Waals surface area contributed by atoms with Gasteiger partial charge >= 0.3 is 6.18 Å². The molecule has 5 rings (SSSR count). The van der Waals surface area contributed by atoms with E-state index in [0.717, 1.165) is 17.6 Å². The van der Waals surface area contributed by atoms with E-state index in [9.17, 15) is 22.4 Å². The fourth-order valence-electron chi connectivity index (χ4n) is 4.03. The molecule has 0 aromatic carbocycles. The van der Waals surface area contributed by atoms with Crippen molar-refractivity contribution in [1.82, 2.24) is 29.9 Å². The zero-order valence-corrected chi connectivity index (χ0v) is 18.8. The highest BCUT2D eigenvalue weighted by Gasteiger charge is 2.52. The molecule has 4 aromatic heterocycles. The summed E-state index contributed by atoms with van der Waals surface area (Å²) in [5.74, 6) is -0.369. The lowest BCUT2D eigenvalue weighted by Gasteiger charge is -2.16. The average molecular weight is 487 g/mol. The van der Waals surface area contributed by atoms with Crippen LogP contribution in [0.5, 0.6) is 0 Å². The number of hydrogen-bond acceptors (Lipinski definition) is 5. The summed E-state index contributed by atoms with van der Waals surface area (Å²) in [5, 5.41) is 14.6. The number of hydrogen-bond donors (Lipinski definition) is 2. The highest BCUT2D eigenvalue weighted by molar-refractivity contribution is 6.03. The van der Waals surface area contributed by atoms with Crippen molar-refractivity contribution in [2.45, 2.75) is 50.5 Å². The van der Waals surface area contributed by atoms with Gasteiger partial charge < -0.3 is 5.32 Å². The number of aromatic nitrogens is 6. The Balaban J connectivity index is 1.40. The third kappa shape index (κ3) is 4.35. The van der Waals surface area contributed by atoms with Crippen LogP contribution in [0.25, 0.3) is 22.3 Å². The van der Waals surface area contributed by atoms with Gasteiger partial charge in [-0.2, -0.15) is 23.4 Å². The van der Waals surface area contributed by atoms with Crippen molar-refractivity contribution in [1.29, 1.82) is 0 Å². The van der Waals surface area contributed by atoms with Gasteiger partial charge in [0.05, 0.1) is 41.3 Å². The lowest BCUT2D eigenvalue weighted by Crippen LogP contribution is -2.28. The first-order chi connectivity index (χ1) is 16.5. The Hall–Kier alpha value is -3.83. The molecule has 0 spiro atoms. The molecule has 0 radical (unpaired) electrons. The van der Waals surface area contributed by atoms with Gasteiger partial charge in [-0.15, -0.1) is 0 Å². The molecule has 4 heterocycles. The maximum atomic E-state index is 14.2. The molecular formula is C23H21F4N7O. The molecule has 12 heteroatoms. The van der Waals surface area contributed by atoms with Gasteiger partial charge in [0.1, 0.15) is 17.1 Å². The molecule has 1 aliphatic carbocycles. The van der Waals surface area contributed by atoms with Crippen molar-refractivity contribution in [2.75, 3.05) is 5.32 Å². The summed E-state index contributed by atoms with van der Waals surface area (Å²) in [6, 6.07) is 3.90. The van der Waals surface area contributed by atoms with E-state index in [1.165, 1.54) is 26.1 Å². The number of rotatable bonds is 6. The molecular weight excluding hydrogens is 466 g/mol. The van der Waals surface area contributed by atoms with Crippen molar-refractivity contribution in [3.63, 3.8) is 0 Å². The van der Waals surface area contributed by atoms with Gasteiger partial charge in [0.2, 0.25) is 5.91 Å².